The van der Waals surface area contributed by atoms with E-state index in [1.54, 1.807) is 7.11 Å². The summed E-state index contributed by atoms with van der Waals surface area (Å²) in [6.07, 6.45) is 3.34. The number of methoxy groups -OCH3 is 1. The molecule has 0 spiro atoms. The van der Waals surface area contributed by atoms with Crippen molar-refractivity contribution in [2.75, 3.05) is 13.7 Å². The lowest BCUT2D eigenvalue weighted by Crippen LogP contribution is -2.44. The van der Waals surface area contributed by atoms with Gasteiger partial charge >= 0.3 is 0 Å². The van der Waals surface area contributed by atoms with Gasteiger partial charge in [0.25, 0.3) is 0 Å². The Morgan fingerprint density at radius 1 is 1.21 bits per heavy atom. The van der Waals surface area contributed by atoms with Gasteiger partial charge in [-0.15, -0.1) is 0 Å². The zero-order chi connectivity index (χ0) is 18.1. The molecular weight excluding hydrogens is 304 g/mol. The number of carbonyl (C=O) groups is 1. The number of hydrogen-bond acceptors (Lipinski definition) is 4. The minimum Gasteiger partial charge on any atom is -0.493 e. The lowest BCUT2D eigenvalue weighted by atomic mass is 10.0. The lowest BCUT2D eigenvalue weighted by molar-refractivity contribution is -0.123. The highest BCUT2D eigenvalue weighted by Gasteiger charge is 2.20. The van der Waals surface area contributed by atoms with Crippen molar-refractivity contribution in [3.8, 4) is 11.5 Å². The normalized spacial score (nSPS) is 13.5. The highest BCUT2D eigenvalue weighted by molar-refractivity contribution is 5.82. The molecule has 0 heterocycles. The van der Waals surface area contributed by atoms with E-state index < -0.39 is 6.04 Å². The van der Waals surface area contributed by atoms with Crippen LogP contribution in [0.1, 0.15) is 58.6 Å². The van der Waals surface area contributed by atoms with Crippen LogP contribution < -0.4 is 20.5 Å². The summed E-state index contributed by atoms with van der Waals surface area (Å²) in [5.74, 6) is 1.37. The van der Waals surface area contributed by atoms with Gasteiger partial charge in [0.15, 0.2) is 11.5 Å². The highest BCUT2D eigenvalue weighted by Crippen LogP contribution is 2.30. The molecular formula is C19H32N2O3. The van der Waals surface area contributed by atoms with Gasteiger partial charge in [0.2, 0.25) is 5.91 Å². The summed E-state index contributed by atoms with van der Waals surface area (Å²) in [4.78, 5) is 12.1. The molecule has 0 aliphatic heterocycles. The Kier molecular flexibility index (Phi) is 8.61. The average molecular weight is 336 g/mol. The fourth-order valence-electron chi connectivity index (χ4n) is 2.30. The van der Waals surface area contributed by atoms with E-state index in [1.807, 2.05) is 39.0 Å². The molecule has 0 saturated carbocycles. The number of nitrogens with one attached hydrogen (secondary N) is 1. The third-order valence-corrected chi connectivity index (χ3v) is 4.07. The number of amides is 1. The summed E-state index contributed by atoms with van der Waals surface area (Å²) in [5.41, 5.74) is 6.84. The molecule has 1 aromatic carbocycles. The molecule has 0 aromatic heterocycles. The van der Waals surface area contributed by atoms with Crippen LogP contribution in [0.25, 0.3) is 0 Å². The number of benzene rings is 1. The smallest absolute Gasteiger partial charge is 0.237 e. The van der Waals surface area contributed by atoms with Crippen LogP contribution in [0.2, 0.25) is 0 Å². The van der Waals surface area contributed by atoms with Gasteiger partial charge in [0, 0.05) is 0 Å². The predicted molar refractivity (Wildman–Crippen MR) is 97.4 cm³/mol. The SMILES string of the molecule is CCCCCOc1ccc(C(C)NC(=O)[C@@H](N)C(C)C)cc1OC. The number of ether oxygens (including phenoxy) is 2. The number of carbonyl (C=O) groups excluding carboxylic acids is 1. The minimum absolute atomic E-state index is 0.102. The minimum atomic E-state index is -0.504. The van der Waals surface area contributed by atoms with Gasteiger partial charge in [0.1, 0.15) is 0 Å². The zero-order valence-corrected chi connectivity index (χ0v) is 15.6. The van der Waals surface area contributed by atoms with Crippen LogP contribution in [-0.2, 0) is 4.79 Å². The zero-order valence-electron chi connectivity index (χ0n) is 15.6. The molecule has 1 aromatic rings. The number of rotatable bonds is 10. The van der Waals surface area contributed by atoms with Crippen LogP contribution in [0.5, 0.6) is 11.5 Å². The van der Waals surface area contributed by atoms with Crippen LogP contribution in [0.3, 0.4) is 0 Å². The molecule has 0 bridgehead atoms. The maximum Gasteiger partial charge on any atom is 0.237 e. The summed E-state index contributed by atoms with van der Waals surface area (Å²) in [6.45, 7) is 8.64. The first kappa shape index (κ1) is 20.3. The molecule has 0 saturated heterocycles. The Hall–Kier alpha value is -1.75. The Labute approximate surface area is 145 Å². The van der Waals surface area contributed by atoms with Crippen molar-refractivity contribution in [2.24, 2.45) is 11.7 Å². The van der Waals surface area contributed by atoms with Crippen molar-refractivity contribution in [3.05, 3.63) is 23.8 Å². The molecule has 0 radical (unpaired) electrons. The fraction of sp³-hybridized carbons (Fsp3) is 0.632. The summed E-state index contributed by atoms with van der Waals surface area (Å²) < 4.78 is 11.2. The fourth-order valence-corrected chi connectivity index (χ4v) is 2.30. The maximum atomic E-state index is 12.1. The molecule has 5 heteroatoms. The number of hydrogen-bond donors (Lipinski definition) is 2. The van der Waals surface area contributed by atoms with Gasteiger partial charge in [-0.05, 0) is 37.0 Å². The van der Waals surface area contributed by atoms with Gasteiger partial charge in [-0.2, -0.15) is 0 Å². The van der Waals surface area contributed by atoms with Crippen LogP contribution in [-0.4, -0.2) is 25.7 Å². The summed E-state index contributed by atoms with van der Waals surface area (Å²) >= 11 is 0. The lowest BCUT2D eigenvalue weighted by Gasteiger charge is -2.21. The molecule has 0 aliphatic carbocycles. The highest BCUT2D eigenvalue weighted by atomic mass is 16.5. The van der Waals surface area contributed by atoms with Gasteiger partial charge in [0.05, 0.1) is 25.8 Å². The van der Waals surface area contributed by atoms with E-state index in [9.17, 15) is 4.79 Å². The first-order chi connectivity index (χ1) is 11.4. The molecule has 1 unspecified atom stereocenters. The van der Waals surface area contributed by atoms with Crippen molar-refractivity contribution in [3.63, 3.8) is 0 Å². The first-order valence-electron chi connectivity index (χ1n) is 8.77. The van der Waals surface area contributed by atoms with E-state index in [2.05, 4.69) is 12.2 Å². The van der Waals surface area contributed by atoms with E-state index in [0.29, 0.717) is 12.4 Å². The van der Waals surface area contributed by atoms with Crippen LogP contribution in [0.15, 0.2) is 18.2 Å². The Morgan fingerprint density at radius 3 is 2.50 bits per heavy atom. The second-order valence-corrected chi connectivity index (χ2v) is 6.47. The third kappa shape index (κ3) is 6.04. The van der Waals surface area contributed by atoms with Crippen LogP contribution >= 0.6 is 0 Å². The average Bonchev–Trinajstić information content (AvgIpc) is 2.57. The van der Waals surface area contributed by atoms with Gasteiger partial charge in [-0.3, -0.25) is 4.79 Å². The number of unbranched alkanes of at least 4 members (excludes halogenated alkanes) is 2. The monoisotopic (exact) mass is 336 g/mol. The molecule has 1 rings (SSSR count). The molecule has 136 valence electrons. The van der Waals surface area contributed by atoms with E-state index in [0.717, 1.165) is 30.6 Å². The van der Waals surface area contributed by atoms with Crippen molar-refractivity contribution in [2.45, 2.75) is 59.0 Å². The Balaban J connectivity index is 2.73. The Morgan fingerprint density at radius 2 is 1.92 bits per heavy atom. The van der Waals surface area contributed by atoms with Crippen molar-refractivity contribution in [1.29, 1.82) is 0 Å². The topological polar surface area (TPSA) is 73.6 Å². The molecule has 3 N–H and O–H groups in total. The van der Waals surface area contributed by atoms with E-state index in [4.69, 9.17) is 15.2 Å². The second kappa shape index (κ2) is 10.2. The molecule has 2 atom stereocenters. The maximum absolute atomic E-state index is 12.1. The summed E-state index contributed by atoms with van der Waals surface area (Å²) in [6, 6.07) is 5.09. The van der Waals surface area contributed by atoms with Crippen LogP contribution in [0.4, 0.5) is 0 Å². The van der Waals surface area contributed by atoms with Gasteiger partial charge < -0.3 is 20.5 Å². The second-order valence-electron chi connectivity index (χ2n) is 6.47. The summed E-state index contributed by atoms with van der Waals surface area (Å²) in [5, 5.41) is 2.95. The molecule has 0 aliphatic rings. The predicted octanol–water partition coefficient (Wildman–Crippen LogP) is 3.42. The molecule has 1 amide bonds. The number of nitrogens with two attached hydrogens (primary N) is 1. The van der Waals surface area contributed by atoms with Crippen molar-refractivity contribution >= 4 is 5.91 Å². The quantitative estimate of drug-likeness (QED) is 0.642. The standard InChI is InChI=1S/C19H32N2O3/c1-6-7-8-11-24-16-10-9-15(12-17(16)23-5)14(4)21-19(22)18(20)13(2)3/h9-10,12-14,18H,6-8,11,20H2,1-5H3,(H,21,22)/t14?,18-/m0/s1. The van der Waals surface area contributed by atoms with E-state index >= 15 is 0 Å². The molecule has 0 fully saturated rings. The Bertz CT molecular complexity index is 517. The third-order valence-electron chi connectivity index (χ3n) is 4.07. The van der Waals surface area contributed by atoms with Crippen molar-refractivity contribution < 1.29 is 14.3 Å². The molecule has 5 nitrogen and oxygen atoms in total. The van der Waals surface area contributed by atoms with E-state index in [1.165, 1.54) is 0 Å². The van der Waals surface area contributed by atoms with E-state index in [-0.39, 0.29) is 17.9 Å². The van der Waals surface area contributed by atoms with Crippen LogP contribution in [0, 0.1) is 5.92 Å². The molecule has 24 heavy (non-hydrogen) atoms. The van der Waals surface area contributed by atoms with Crippen molar-refractivity contribution in [1.82, 2.24) is 5.32 Å². The van der Waals surface area contributed by atoms with Gasteiger partial charge in [-0.25, -0.2) is 0 Å². The van der Waals surface area contributed by atoms with Gasteiger partial charge in [-0.1, -0.05) is 39.7 Å². The summed E-state index contributed by atoms with van der Waals surface area (Å²) in [7, 11) is 1.62. The first-order valence-corrected chi connectivity index (χ1v) is 8.77. The largest absolute Gasteiger partial charge is 0.493 e.